The Balaban J connectivity index is 2.11. The highest BCUT2D eigenvalue weighted by Crippen LogP contribution is 2.42. The van der Waals surface area contributed by atoms with Crippen molar-refractivity contribution in [2.45, 2.75) is 26.2 Å². The van der Waals surface area contributed by atoms with Gasteiger partial charge in [0.15, 0.2) is 5.78 Å². The smallest absolute Gasteiger partial charge is 0.314 e. The standard InChI is InChI=1S/C22H21FO4/c1-12(2)20(24)19(22(26)27)18(13-7-9-15(23)10-8-13)17-11-14-5-3-4-6-16(14)21(17)25/h3-10,12,17-19H,11H2,1-2H3,(H,26,27). The first-order valence-electron chi connectivity index (χ1n) is 8.95. The topological polar surface area (TPSA) is 71.4 Å². The molecule has 2 aromatic rings. The summed E-state index contributed by atoms with van der Waals surface area (Å²) in [6, 6.07) is 12.6. The van der Waals surface area contributed by atoms with Gasteiger partial charge in [0.1, 0.15) is 17.5 Å². The Labute approximate surface area is 157 Å². The number of hydrogen-bond donors (Lipinski definition) is 1. The minimum Gasteiger partial charge on any atom is -0.481 e. The number of carboxylic acids is 1. The molecule has 27 heavy (non-hydrogen) atoms. The molecular formula is C22H21FO4. The molecule has 4 nitrogen and oxygen atoms in total. The minimum atomic E-state index is -1.36. The van der Waals surface area contributed by atoms with E-state index in [4.69, 9.17) is 0 Å². The van der Waals surface area contributed by atoms with E-state index in [2.05, 4.69) is 0 Å². The van der Waals surface area contributed by atoms with Crippen LogP contribution in [-0.4, -0.2) is 22.6 Å². The number of carboxylic acid groups (broad SMARTS) is 1. The average Bonchev–Trinajstić information content (AvgIpc) is 2.96. The van der Waals surface area contributed by atoms with Gasteiger partial charge in [-0.1, -0.05) is 50.2 Å². The SMILES string of the molecule is CC(C)C(=O)C(C(=O)O)C(c1ccc(F)cc1)C1Cc2ccccc2C1=O. The molecule has 1 aliphatic rings. The predicted molar refractivity (Wildman–Crippen MR) is 98.1 cm³/mol. The molecule has 0 fully saturated rings. The van der Waals surface area contributed by atoms with Gasteiger partial charge >= 0.3 is 5.97 Å². The summed E-state index contributed by atoms with van der Waals surface area (Å²) in [4.78, 5) is 37.8. The monoisotopic (exact) mass is 368 g/mol. The number of Topliss-reactive ketones (excluding diaryl/α,β-unsaturated/α-hetero) is 2. The maximum atomic E-state index is 13.4. The van der Waals surface area contributed by atoms with Gasteiger partial charge in [-0.3, -0.25) is 14.4 Å². The number of rotatable bonds is 6. The lowest BCUT2D eigenvalue weighted by atomic mass is 9.71. The van der Waals surface area contributed by atoms with Crippen LogP contribution in [0, 0.1) is 23.6 Å². The molecule has 0 saturated heterocycles. The normalized spacial score (nSPS) is 18.2. The maximum absolute atomic E-state index is 13.4. The van der Waals surface area contributed by atoms with Crippen molar-refractivity contribution < 1.29 is 23.9 Å². The molecule has 0 spiro atoms. The van der Waals surface area contributed by atoms with Crippen molar-refractivity contribution in [3.8, 4) is 0 Å². The van der Waals surface area contributed by atoms with Crippen LogP contribution in [0.3, 0.4) is 0 Å². The molecule has 0 saturated carbocycles. The van der Waals surface area contributed by atoms with E-state index >= 15 is 0 Å². The number of carbonyl (C=O) groups excluding carboxylic acids is 2. The van der Waals surface area contributed by atoms with Crippen LogP contribution in [0.2, 0.25) is 0 Å². The molecule has 5 heteroatoms. The van der Waals surface area contributed by atoms with Gasteiger partial charge in [-0.25, -0.2) is 4.39 Å². The molecule has 140 valence electrons. The van der Waals surface area contributed by atoms with E-state index in [0.29, 0.717) is 17.5 Å². The summed E-state index contributed by atoms with van der Waals surface area (Å²) in [5.74, 6) is -5.68. The third kappa shape index (κ3) is 3.54. The Hall–Kier alpha value is -2.82. The van der Waals surface area contributed by atoms with Crippen molar-refractivity contribution in [1.29, 1.82) is 0 Å². The number of hydrogen-bond acceptors (Lipinski definition) is 3. The first kappa shape index (κ1) is 19.0. The van der Waals surface area contributed by atoms with Gasteiger partial charge < -0.3 is 5.11 Å². The highest BCUT2D eigenvalue weighted by molar-refractivity contribution is 6.05. The van der Waals surface area contributed by atoms with Crippen LogP contribution in [0.1, 0.15) is 41.3 Å². The van der Waals surface area contributed by atoms with Crippen LogP contribution in [0.5, 0.6) is 0 Å². The summed E-state index contributed by atoms with van der Waals surface area (Å²) in [5, 5.41) is 9.84. The summed E-state index contributed by atoms with van der Waals surface area (Å²) in [5.41, 5.74) is 1.90. The van der Waals surface area contributed by atoms with Crippen molar-refractivity contribution in [1.82, 2.24) is 0 Å². The molecule has 1 N–H and O–H groups in total. The number of fused-ring (bicyclic) bond motifs is 1. The van der Waals surface area contributed by atoms with E-state index in [1.165, 1.54) is 24.3 Å². The largest absolute Gasteiger partial charge is 0.481 e. The second kappa shape index (κ2) is 7.43. The fraction of sp³-hybridized carbons (Fsp3) is 0.318. The molecule has 0 aliphatic heterocycles. The van der Waals surface area contributed by atoms with Gasteiger partial charge in [-0.2, -0.15) is 0 Å². The minimum absolute atomic E-state index is 0.164. The lowest BCUT2D eigenvalue weighted by Gasteiger charge is -2.29. The zero-order chi connectivity index (χ0) is 19.7. The number of halogens is 1. The van der Waals surface area contributed by atoms with Gasteiger partial charge in [-0.05, 0) is 29.7 Å². The third-order valence-corrected chi connectivity index (χ3v) is 5.25. The average molecular weight is 368 g/mol. The van der Waals surface area contributed by atoms with E-state index in [0.717, 1.165) is 5.56 Å². The molecule has 0 amide bonds. The fourth-order valence-electron chi connectivity index (χ4n) is 3.91. The molecule has 3 atom stereocenters. The Bertz CT molecular complexity index is 885. The molecule has 3 rings (SSSR count). The van der Waals surface area contributed by atoms with Crippen LogP contribution in [0.4, 0.5) is 4.39 Å². The van der Waals surface area contributed by atoms with Gasteiger partial charge in [0, 0.05) is 23.3 Å². The van der Waals surface area contributed by atoms with Crippen LogP contribution >= 0.6 is 0 Å². The Kier molecular flexibility index (Phi) is 5.22. The molecule has 0 bridgehead atoms. The lowest BCUT2D eigenvalue weighted by molar-refractivity contribution is -0.148. The highest BCUT2D eigenvalue weighted by atomic mass is 19.1. The Morgan fingerprint density at radius 3 is 2.26 bits per heavy atom. The van der Waals surface area contributed by atoms with E-state index in [9.17, 15) is 23.9 Å². The number of carbonyl (C=O) groups is 3. The van der Waals surface area contributed by atoms with Gasteiger partial charge in [-0.15, -0.1) is 0 Å². The van der Waals surface area contributed by atoms with Crippen LogP contribution in [0.15, 0.2) is 48.5 Å². The van der Waals surface area contributed by atoms with Crippen LogP contribution in [0.25, 0.3) is 0 Å². The summed E-state index contributed by atoms with van der Waals surface area (Å²) in [6.07, 6.45) is 0.367. The zero-order valence-corrected chi connectivity index (χ0v) is 15.2. The maximum Gasteiger partial charge on any atom is 0.314 e. The molecule has 3 unspecified atom stereocenters. The van der Waals surface area contributed by atoms with E-state index in [1.807, 2.05) is 12.1 Å². The van der Waals surface area contributed by atoms with E-state index in [1.54, 1.807) is 26.0 Å². The van der Waals surface area contributed by atoms with Crippen LogP contribution in [-0.2, 0) is 16.0 Å². The van der Waals surface area contributed by atoms with Gasteiger partial charge in [0.2, 0.25) is 0 Å². The summed E-state index contributed by atoms with van der Waals surface area (Å²) in [7, 11) is 0. The first-order valence-corrected chi connectivity index (χ1v) is 8.95. The second-order valence-electron chi connectivity index (χ2n) is 7.28. The molecule has 1 aliphatic carbocycles. The molecule has 2 aromatic carbocycles. The molecule has 0 aromatic heterocycles. The first-order chi connectivity index (χ1) is 12.8. The molecule has 0 radical (unpaired) electrons. The summed E-state index contributed by atoms with van der Waals surface area (Å²) < 4.78 is 13.4. The number of aliphatic carboxylic acids is 1. The van der Waals surface area contributed by atoms with E-state index < -0.39 is 41.2 Å². The van der Waals surface area contributed by atoms with Crippen LogP contribution < -0.4 is 0 Å². The predicted octanol–water partition coefficient (Wildman–Crippen LogP) is 3.89. The Morgan fingerprint density at radius 1 is 1.07 bits per heavy atom. The van der Waals surface area contributed by atoms with Crippen molar-refractivity contribution in [3.05, 3.63) is 71.0 Å². The van der Waals surface area contributed by atoms with E-state index in [-0.39, 0.29) is 5.78 Å². The Morgan fingerprint density at radius 2 is 1.70 bits per heavy atom. The van der Waals surface area contributed by atoms with Crippen molar-refractivity contribution in [2.24, 2.45) is 17.8 Å². The highest BCUT2D eigenvalue weighted by Gasteiger charge is 2.46. The summed E-state index contributed by atoms with van der Waals surface area (Å²) in [6.45, 7) is 3.29. The number of benzene rings is 2. The number of ketones is 2. The third-order valence-electron chi connectivity index (χ3n) is 5.25. The lowest BCUT2D eigenvalue weighted by Crippen LogP contribution is -2.38. The quantitative estimate of drug-likeness (QED) is 0.785. The second-order valence-corrected chi connectivity index (χ2v) is 7.28. The van der Waals surface area contributed by atoms with Crippen molar-refractivity contribution in [2.75, 3.05) is 0 Å². The van der Waals surface area contributed by atoms with Crippen molar-refractivity contribution in [3.63, 3.8) is 0 Å². The summed E-state index contributed by atoms with van der Waals surface area (Å²) >= 11 is 0. The van der Waals surface area contributed by atoms with Gasteiger partial charge in [0.05, 0.1) is 0 Å². The fourth-order valence-corrected chi connectivity index (χ4v) is 3.91. The molecular weight excluding hydrogens is 347 g/mol. The van der Waals surface area contributed by atoms with Gasteiger partial charge in [0.25, 0.3) is 0 Å². The molecule has 0 heterocycles. The van der Waals surface area contributed by atoms with Crippen molar-refractivity contribution >= 4 is 17.5 Å². The zero-order valence-electron chi connectivity index (χ0n) is 15.2.